The van der Waals surface area contributed by atoms with Crippen molar-refractivity contribution < 1.29 is 9.84 Å². The van der Waals surface area contributed by atoms with Crippen LogP contribution in [-0.4, -0.2) is 15.1 Å². The van der Waals surface area contributed by atoms with E-state index in [0.29, 0.717) is 40.2 Å². The third kappa shape index (κ3) is 9.15. The molecule has 0 spiro atoms. The predicted molar refractivity (Wildman–Crippen MR) is 162 cm³/mol. The van der Waals surface area contributed by atoms with Crippen LogP contribution in [0.15, 0.2) is 79.1 Å². The van der Waals surface area contributed by atoms with Crippen molar-refractivity contribution in [2.24, 2.45) is 0 Å². The molecule has 0 aliphatic carbocycles. The number of hydrogen-bond acceptors (Lipinski definition) is 4. The summed E-state index contributed by atoms with van der Waals surface area (Å²) >= 11 is 12.0. The van der Waals surface area contributed by atoms with Gasteiger partial charge in [-0.15, -0.1) is 0 Å². The van der Waals surface area contributed by atoms with Crippen molar-refractivity contribution in [2.45, 2.75) is 72.2 Å². The second kappa shape index (κ2) is 13.5. The van der Waals surface area contributed by atoms with Gasteiger partial charge in [0, 0.05) is 23.0 Å². The molecule has 206 valence electrons. The molecular weight excluding hydrogens is 527 g/mol. The molecule has 0 amide bonds. The highest BCUT2D eigenvalue weighted by Crippen LogP contribution is 2.31. The molecule has 39 heavy (non-hydrogen) atoms. The van der Waals surface area contributed by atoms with E-state index in [0.717, 1.165) is 0 Å². The topological polar surface area (TPSA) is 55.2 Å². The summed E-state index contributed by atoms with van der Waals surface area (Å²) in [7, 11) is 0. The minimum atomic E-state index is -0.143. The molecule has 3 aromatic carbocycles. The van der Waals surface area contributed by atoms with Gasteiger partial charge in [-0.1, -0.05) is 113 Å². The highest BCUT2D eigenvalue weighted by Gasteiger charge is 2.14. The summed E-state index contributed by atoms with van der Waals surface area (Å²) in [5.41, 5.74) is 6.85. The number of rotatable bonds is 6. The lowest BCUT2D eigenvalue weighted by Gasteiger charge is -2.19. The molecule has 4 nitrogen and oxygen atoms in total. The summed E-state index contributed by atoms with van der Waals surface area (Å²) in [6.07, 6.45) is 3.26. The molecule has 0 saturated heterocycles. The highest BCUT2D eigenvalue weighted by atomic mass is 35.5. The Morgan fingerprint density at radius 2 is 1.15 bits per heavy atom. The van der Waals surface area contributed by atoms with Gasteiger partial charge in [0.25, 0.3) is 0 Å². The number of aromatic nitrogens is 2. The van der Waals surface area contributed by atoms with E-state index >= 15 is 0 Å². The number of hydrogen-bond donors (Lipinski definition) is 1. The first-order valence-electron chi connectivity index (χ1n) is 13.0. The number of nitrogens with zero attached hydrogens (tertiary/aromatic N) is 2. The Balaban J connectivity index is 0.000000230. The van der Waals surface area contributed by atoms with Crippen molar-refractivity contribution in [3.05, 3.63) is 117 Å². The lowest BCUT2D eigenvalue weighted by molar-refractivity contribution is 0.107. The zero-order chi connectivity index (χ0) is 28.6. The number of ether oxygens (including phenoxy) is 1. The second-order valence-corrected chi connectivity index (χ2v) is 12.4. The molecule has 0 bridgehead atoms. The average Bonchev–Trinajstić information content (AvgIpc) is 2.89. The first-order chi connectivity index (χ1) is 18.4. The van der Waals surface area contributed by atoms with E-state index in [-0.39, 0.29) is 17.4 Å². The smallest absolute Gasteiger partial charge is 0.160 e. The van der Waals surface area contributed by atoms with Gasteiger partial charge in [-0.25, -0.2) is 9.97 Å². The largest absolute Gasteiger partial charge is 0.392 e. The van der Waals surface area contributed by atoms with Gasteiger partial charge in [-0.05, 0) is 56.8 Å². The standard InChI is InChI=1S/C22H30O.C11H8Cl2N2O/c1-21(2,3)19-11-7-17(8-12-19)15-23-16-18-9-13-20(14-10-18)22(4,5)6;12-9-5-10(13)8(4-7(9)6-16)11-14-2-1-3-15-11/h7-14H,15-16H2,1-6H3;1-5,16H,6H2. The zero-order valence-electron chi connectivity index (χ0n) is 23.6. The first-order valence-corrected chi connectivity index (χ1v) is 13.8. The monoisotopic (exact) mass is 564 g/mol. The van der Waals surface area contributed by atoms with E-state index in [4.69, 9.17) is 33.0 Å². The van der Waals surface area contributed by atoms with Crippen molar-refractivity contribution in [1.29, 1.82) is 0 Å². The third-order valence-electron chi connectivity index (χ3n) is 6.29. The maximum absolute atomic E-state index is 9.11. The highest BCUT2D eigenvalue weighted by molar-refractivity contribution is 6.36. The van der Waals surface area contributed by atoms with Crippen LogP contribution in [-0.2, 0) is 35.4 Å². The minimum Gasteiger partial charge on any atom is -0.392 e. The van der Waals surface area contributed by atoms with E-state index in [1.807, 2.05) is 0 Å². The molecule has 4 rings (SSSR count). The number of benzene rings is 3. The molecule has 0 fully saturated rings. The summed E-state index contributed by atoms with van der Waals surface area (Å²) in [5.74, 6) is 0.513. The molecular formula is C33H38Cl2N2O2. The van der Waals surface area contributed by atoms with Gasteiger partial charge in [0.2, 0.25) is 0 Å². The fraction of sp³-hybridized carbons (Fsp3) is 0.333. The van der Waals surface area contributed by atoms with Crippen LogP contribution in [0.1, 0.15) is 69.4 Å². The number of aliphatic hydroxyl groups is 1. The minimum absolute atomic E-state index is 0.143. The van der Waals surface area contributed by atoms with Crippen LogP contribution in [0, 0.1) is 0 Å². The van der Waals surface area contributed by atoms with E-state index in [9.17, 15) is 0 Å². The summed E-state index contributed by atoms with van der Waals surface area (Å²) in [6, 6.07) is 22.5. The van der Waals surface area contributed by atoms with Gasteiger partial charge in [-0.3, -0.25) is 0 Å². The summed E-state index contributed by atoms with van der Waals surface area (Å²) < 4.78 is 5.86. The molecule has 6 heteroatoms. The normalized spacial score (nSPS) is 11.6. The Labute approximate surface area is 243 Å². The Bertz CT molecular complexity index is 1270. The number of halogens is 2. The Morgan fingerprint density at radius 3 is 1.56 bits per heavy atom. The van der Waals surface area contributed by atoms with Crippen LogP contribution in [0.5, 0.6) is 0 Å². The number of aliphatic hydroxyl groups excluding tert-OH is 1. The molecule has 1 heterocycles. The Kier molecular flexibility index (Phi) is 10.7. The van der Waals surface area contributed by atoms with Crippen LogP contribution < -0.4 is 0 Å². The van der Waals surface area contributed by atoms with E-state index in [2.05, 4.69) is 100 Å². The molecule has 0 aliphatic heterocycles. The van der Waals surface area contributed by atoms with Crippen LogP contribution in [0.4, 0.5) is 0 Å². The molecule has 0 unspecified atom stereocenters. The van der Waals surface area contributed by atoms with Crippen molar-refractivity contribution in [1.82, 2.24) is 9.97 Å². The third-order valence-corrected chi connectivity index (χ3v) is 6.96. The SMILES string of the molecule is CC(C)(C)c1ccc(COCc2ccc(C(C)(C)C)cc2)cc1.OCc1cc(-c2ncccn2)c(Cl)cc1Cl. The first kappa shape index (κ1) is 30.8. The van der Waals surface area contributed by atoms with Crippen molar-refractivity contribution >= 4 is 23.2 Å². The summed E-state index contributed by atoms with van der Waals surface area (Å²) in [6.45, 7) is 14.6. The van der Waals surface area contributed by atoms with E-state index in [1.165, 1.54) is 22.3 Å². The molecule has 0 atom stereocenters. The fourth-order valence-corrected chi connectivity index (χ4v) is 4.34. The molecule has 4 aromatic rings. The van der Waals surface area contributed by atoms with Crippen LogP contribution in [0.25, 0.3) is 11.4 Å². The van der Waals surface area contributed by atoms with E-state index in [1.54, 1.807) is 30.6 Å². The van der Waals surface area contributed by atoms with Gasteiger partial charge in [0.15, 0.2) is 5.82 Å². The van der Waals surface area contributed by atoms with Gasteiger partial charge in [0.05, 0.1) is 24.8 Å². The molecule has 1 aromatic heterocycles. The van der Waals surface area contributed by atoms with Gasteiger partial charge in [-0.2, -0.15) is 0 Å². The summed E-state index contributed by atoms with van der Waals surface area (Å²) in [5, 5.41) is 10.0. The maximum Gasteiger partial charge on any atom is 0.160 e. The van der Waals surface area contributed by atoms with Crippen LogP contribution in [0.3, 0.4) is 0 Å². The maximum atomic E-state index is 9.11. The molecule has 0 radical (unpaired) electrons. The van der Waals surface area contributed by atoms with Crippen molar-refractivity contribution in [3.63, 3.8) is 0 Å². The fourth-order valence-electron chi connectivity index (χ4n) is 3.81. The second-order valence-electron chi connectivity index (χ2n) is 11.5. The molecule has 1 N–H and O–H groups in total. The Hall–Kier alpha value is -2.76. The Morgan fingerprint density at radius 1 is 0.692 bits per heavy atom. The molecule has 0 saturated carbocycles. The van der Waals surface area contributed by atoms with Crippen LogP contribution in [0.2, 0.25) is 10.0 Å². The van der Waals surface area contributed by atoms with Crippen LogP contribution >= 0.6 is 23.2 Å². The lowest BCUT2D eigenvalue weighted by atomic mass is 9.87. The quantitative estimate of drug-likeness (QED) is 0.254. The lowest BCUT2D eigenvalue weighted by Crippen LogP contribution is -2.11. The van der Waals surface area contributed by atoms with Crippen molar-refractivity contribution in [3.8, 4) is 11.4 Å². The van der Waals surface area contributed by atoms with Crippen molar-refractivity contribution in [2.75, 3.05) is 0 Å². The van der Waals surface area contributed by atoms with Gasteiger partial charge < -0.3 is 9.84 Å². The summed E-state index contributed by atoms with van der Waals surface area (Å²) in [4.78, 5) is 8.19. The van der Waals surface area contributed by atoms with Gasteiger partial charge >= 0.3 is 0 Å². The zero-order valence-corrected chi connectivity index (χ0v) is 25.1. The average molecular weight is 566 g/mol. The molecule has 0 aliphatic rings. The van der Waals surface area contributed by atoms with Gasteiger partial charge in [0.1, 0.15) is 0 Å². The van der Waals surface area contributed by atoms with E-state index < -0.39 is 0 Å². The predicted octanol–water partition coefficient (Wildman–Crippen LogP) is 8.94.